The fraction of sp³-hybridized carbons (Fsp3) is 0.444. The summed E-state index contributed by atoms with van der Waals surface area (Å²) in [6, 6.07) is 8.26. The van der Waals surface area contributed by atoms with Gasteiger partial charge in [0.2, 0.25) is 11.8 Å². The lowest BCUT2D eigenvalue weighted by Crippen LogP contribution is -2.43. The van der Waals surface area contributed by atoms with Crippen LogP contribution in [0.5, 0.6) is 0 Å². The topological polar surface area (TPSA) is 58.2 Å². The van der Waals surface area contributed by atoms with Gasteiger partial charge in [-0.05, 0) is 36.8 Å². The van der Waals surface area contributed by atoms with Crippen LogP contribution < -0.4 is 10.6 Å². The molecule has 2 amide bonds. The number of amides is 2. The number of allylic oxidation sites excluding steroid dienone is 1. The SMILES string of the molecule is O=C1NC(=O)[C@H]2C3Nc4ccccc4C3=C3CCCC[C@H]3[C@@H]12. The van der Waals surface area contributed by atoms with E-state index in [0.717, 1.165) is 24.9 Å². The number of imide groups is 1. The lowest BCUT2D eigenvalue weighted by Gasteiger charge is -2.40. The Bertz CT molecular complexity index is 736. The monoisotopic (exact) mass is 294 g/mol. The van der Waals surface area contributed by atoms with E-state index in [9.17, 15) is 9.59 Å². The molecule has 22 heavy (non-hydrogen) atoms. The van der Waals surface area contributed by atoms with Crippen molar-refractivity contribution >= 4 is 23.1 Å². The van der Waals surface area contributed by atoms with Gasteiger partial charge in [-0.25, -0.2) is 0 Å². The minimum absolute atomic E-state index is 0.0294. The van der Waals surface area contributed by atoms with Gasteiger partial charge in [-0.2, -0.15) is 0 Å². The van der Waals surface area contributed by atoms with E-state index in [4.69, 9.17) is 0 Å². The third-order valence-electron chi connectivity index (χ3n) is 5.88. The van der Waals surface area contributed by atoms with Crippen molar-refractivity contribution in [3.63, 3.8) is 0 Å². The van der Waals surface area contributed by atoms with E-state index in [1.807, 2.05) is 6.07 Å². The highest BCUT2D eigenvalue weighted by atomic mass is 16.2. The first kappa shape index (κ1) is 12.4. The van der Waals surface area contributed by atoms with Gasteiger partial charge in [-0.1, -0.05) is 30.2 Å². The number of nitrogens with one attached hydrogen (secondary N) is 2. The molecule has 4 heteroatoms. The van der Waals surface area contributed by atoms with Gasteiger partial charge in [0.05, 0.1) is 17.9 Å². The molecule has 2 heterocycles. The first-order chi connectivity index (χ1) is 10.8. The molecule has 4 atom stereocenters. The highest BCUT2D eigenvalue weighted by Gasteiger charge is 2.56. The Balaban J connectivity index is 1.75. The van der Waals surface area contributed by atoms with Crippen molar-refractivity contribution in [1.29, 1.82) is 0 Å². The molecule has 2 aliphatic carbocycles. The van der Waals surface area contributed by atoms with Crippen LogP contribution in [0.3, 0.4) is 0 Å². The highest BCUT2D eigenvalue weighted by molar-refractivity contribution is 6.09. The zero-order valence-electron chi connectivity index (χ0n) is 12.3. The quantitative estimate of drug-likeness (QED) is 0.722. The Labute approximate surface area is 129 Å². The number of carbonyl (C=O) groups is 2. The van der Waals surface area contributed by atoms with Crippen molar-refractivity contribution in [2.24, 2.45) is 17.8 Å². The van der Waals surface area contributed by atoms with E-state index in [2.05, 4.69) is 28.8 Å². The summed E-state index contributed by atoms with van der Waals surface area (Å²) in [7, 11) is 0. The van der Waals surface area contributed by atoms with E-state index in [0.29, 0.717) is 0 Å². The molecular weight excluding hydrogens is 276 g/mol. The Morgan fingerprint density at radius 2 is 1.82 bits per heavy atom. The summed E-state index contributed by atoms with van der Waals surface area (Å²) in [6.07, 6.45) is 4.45. The van der Waals surface area contributed by atoms with Crippen LogP contribution in [-0.2, 0) is 9.59 Å². The van der Waals surface area contributed by atoms with E-state index in [1.54, 1.807) is 0 Å². The number of para-hydroxylation sites is 1. The normalized spacial score (nSPS) is 35.3. The smallest absolute Gasteiger partial charge is 0.232 e. The first-order valence-corrected chi connectivity index (χ1v) is 8.19. The van der Waals surface area contributed by atoms with Gasteiger partial charge in [0.1, 0.15) is 0 Å². The fourth-order valence-electron chi connectivity index (χ4n) is 5.07. The predicted molar refractivity (Wildman–Crippen MR) is 82.9 cm³/mol. The maximum atomic E-state index is 12.4. The van der Waals surface area contributed by atoms with Crippen LogP contribution in [0, 0.1) is 17.8 Å². The molecule has 1 aromatic rings. The zero-order valence-corrected chi connectivity index (χ0v) is 12.3. The molecule has 5 rings (SSSR count). The number of fused-ring (bicyclic) bond motifs is 7. The average Bonchev–Trinajstić information content (AvgIpc) is 3.05. The number of hydrogen-bond donors (Lipinski definition) is 2. The summed E-state index contributed by atoms with van der Waals surface area (Å²) in [5, 5.41) is 6.11. The summed E-state index contributed by atoms with van der Waals surface area (Å²) in [4.78, 5) is 24.7. The summed E-state index contributed by atoms with van der Waals surface area (Å²) in [5.74, 6) is -0.317. The molecule has 0 spiro atoms. The number of hydrogen-bond acceptors (Lipinski definition) is 3. The molecule has 2 aliphatic heterocycles. The molecule has 2 fully saturated rings. The summed E-state index contributed by atoms with van der Waals surface area (Å²) in [6.45, 7) is 0. The minimum Gasteiger partial charge on any atom is -0.377 e. The molecule has 0 radical (unpaired) electrons. The molecule has 2 N–H and O–H groups in total. The molecule has 0 bridgehead atoms. The van der Waals surface area contributed by atoms with Gasteiger partial charge in [0.15, 0.2) is 0 Å². The minimum atomic E-state index is -0.248. The van der Waals surface area contributed by atoms with E-state index >= 15 is 0 Å². The summed E-state index contributed by atoms with van der Waals surface area (Å²) >= 11 is 0. The van der Waals surface area contributed by atoms with Crippen molar-refractivity contribution in [3.8, 4) is 0 Å². The molecule has 4 aliphatic rings. The number of benzene rings is 1. The molecule has 1 aromatic carbocycles. The van der Waals surface area contributed by atoms with Crippen molar-refractivity contribution < 1.29 is 9.59 Å². The number of anilines is 1. The second kappa shape index (κ2) is 4.22. The van der Waals surface area contributed by atoms with Crippen LogP contribution in [0.4, 0.5) is 5.69 Å². The van der Waals surface area contributed by atoms with Crippen molar-refractivity contribution in [2.45, 2.75) is 31.7 Å². The third-order valence-corrected chi connectivity index (χ3v) is 5.88. The Morgan fingerprint density at radius 3 is 2.73 bits per heavy atom. The maximum Gasteiger partial charge on any atom is 0.232 e. The standard InChI is InChI=1S/C18H18N2O2/c21-17-14-10-6-2-1-5-9(10)13-11-7-3-4-8-12(11)19-16(13)15(14)18(22)20-17/h3-4,7-8,10,14-16,19H,1-2,5-6H2,(H,20,21,22)/t10-,14-,15-,16?/m1/s1. The second-order valence-electron chi connectivity index (χ2n) is 6.86. The highest BCUT2D eigenvalue weighted by Crippen LogP contribution is 2.54. The largest absolute Gasteiger partial charge is 0.377 e. The van der Waals surface area contributed by atoms with Crippen molar-refractivity contribution in [1.82, 2.24) is 5.32 Å². The van der Waals surface area contributed by atoms with Crippen LogP contribution in [-0.4, -0.2) is 17.9 Å². The van der Waals surface area contributed by atoms with E-state index in [1.165, 1.54) is 23.1 Å². The van der Waals surface area contributed by atoms with Gasteiger partial charge in [0, 0.05) is 11.3 Å². The lowest BCUT2D eigenvalue weighted by atomic mass is 9.63. The van der Waals surface area contributed by atoms with Crippen LogP contribution in [0.25, 0.3) is 5.57 Å². The van der Waals surface area contributed by atoms with Gasteiger partial charge in [-0.15, -0.1) is 0 Å². The van der Waals surface area contributed by atoms with Gasteiger partial charge in [-0.3, -0.25) is 14.9 Å². The van der Waals surface area contributed by atoms with E-state index < -0.39 is 0 Å². The molecule has 1 unspecified atom stereocenters. The number of carbonyl (C=O) groups excluding carboxylic acids is 2. The summed E-state index contributed by atoms with van der Waals surface area (Å²) in [5.41, 5.74) is 5.08. The van der Waals surface area contributed by atoms with Crippen LogP contribution in [0.1, 0.15) is 31.2 Å². The Hall–Kier alpha value is -2.10. The zero-order chi connectivity index (χ0) is 14.8. The van der Waals surface area contributed by atoms with Gasteiger partial charge in [0.25, 0.3) is 0 Å². The summed E-state index contributed by atoms with van der Waals surface area (Å²) < 4.78 is 0. The van der Waals surface area contributed by atoms with Gasteiger partial charge >= 0.3 is 0 Å². The van der Waals surface area contributed by atoms with Crippen molar-refractivity contribution in [2.75, 3.05) is 5.32 Å². The lowest BCUT2D eigenvalue weighted by molar-refractivity contribution is -0.126. The number of rotatable bonds is 0. The van der Waals surface area contributed by atoms with E-state index in [-0.39, 0.29) is 35.6 Å². The van der Waals surface area contributed by atoms with Crippen LogP contribution in [0.15, 0.2) is 29.8 Å². The molecule has 112 valence electrons. The van der Waals surface area contributed by atoms with Crippen molar-refractivity contribution in [3.05, 3.63) is 35.4 Å². The van der Waals surface area contributed by atoms with Crippen LogP contribution in [0.2, 0.25) is 0 Å². The first-order valence-electron chi connectivity index (χ1n) is 8.19. The maximum absolute atomic E-state index is 12.4. The van der Waals surface area contributed by atoms with Gasteiger partial charge < -0.3 is 5.32 Å². The Kier molecular flexibility index (Phi) is 2.38. The van der Waals surface area contributed by atoms with Crippen LogP contribution >= 0.6 is 0 Å². The molecule has 0 aromatic heterocycles. The molecule has 1 saturated heterocycles. The molecule has 1 saturated carbocycles. The predicted octanol–water partition coefficient (Wildman–Crippen LogP) is 2.33. The second-order valence-corrected chi connectivity index (χ2v) is 6.86. The third kappa shape index (κ3) is 1.42. The fourth-order valence-corrected chi connectivity index (χ4v) is 5.07. The Morgan fingerprint density at radius 1 is 1.00 bits per heavy atom. The molecular formula is C18H18N2O2. The average molecular weight is 294 g/mol. The molecule has 4 nitrogen and oxygen atoms in total.